The molecule has 234 valence electrons. The second kappa shape index (κ2) is 11.1. The summed E-state index contributed by atoms with van der Waals surface area (Å²) in [6.45, 7) is 5.70. The van der Waals surface area contributed by atoms with E-state index >= 15 is 0 Å². The molecule has 4 heterocycles. The van der Waals surface area contributed by atoms with Crippen LogP contribution in [0.25, 0.3) is 0 Å². The molecule has 2 saturated carbocycles. The number of hydrogen-bond acceptors (Lipinski definition) is 7. The van der Waals surface area contributed by atoms with Crippen molar-refractivity contribution in [3.05, 3.63) is 29.3 Å². The molecule has 3 saturated heterocycles. The van der Waals surface area contributed by atoms with Crippen LogP contribution in [0.15, 0.2) is 18.2 Å². The molecule has 1 aromatic carbocycles. The van der Waals surface area contributed by atoms with E-state index in [2.05, 4.69) is 10.2 Å². The molecule has 1 N–H and O–H groups in total. The summed E-state index contributed by atoms with van der Waals surface area (Å²) in [5.74, 6) is 1.12. The smallest absolute Gasteiger partial charge is 0.255 e. The standard InChI is InChI=1S/C32H44N4O6S/c1-32(13-4-14-32)43(40,41)35-15-11-21(12-16-35)23-18-34(19-23)26-5-2-3-6-28(26)42-24-7-8-25-22(17-24)20-36(31(25)39)27-9-10-29(37)33-30(27)38/h7-8,17,21,23,26-28H,2-6,9-16,18-20H2,1H3,(H,33,37,38)/t26-,27?,28-/m1/s1. The lowest BCUT2D eigenvalue weighted by atomic mass is 9.78. The van der Waals surface area contributed by atoms with E-state index in [1.807, 2.05) is 25.1 Å². The fourth-order valence-corrected chi connectivity index (χ4v) is 10.5. The molecule has 11 heteroatoms. The van der Waals surface area contributed by atoms with Crippen molar-refractivity contribution in [1.29, 1.82) is 0 Å². The monoisotopic (exact) mass is 612 g/mol. The zero-order valence-electron chi connectivity index (χ0n) is 25.1. The lowest BCUT2D eigenvalue weighted by Crippen LogP contribution is -2.60. The number of likely N-dealkylation sites (tertiary alicyclic amines) is 1. The minimum absolute atomic E-state index is 0.0892. The van der Waals surface area contributed by atoms with E-state index in [0.29, 0.717) is 49.5 Å². The van der Waals surface area contributed by atoms with Gasteiger partial charge in [0.15, 0.2) is 0 Å². The van der Waals surface area contributed by atoms with Crippen LogP contribution < -0.4 is 10.1 Å². The lowest BCUT2D eigenvalue weighted by Gasteiger charge is -2.52. The van der Waals surface area contributed by atoms with Gasteiger partial charge in [-0.2, -0.15) is 0 Å². The van der Waals surface area contributed by atoms with Crippen LogP contribution in [0.1, 0.15) is 93.5 Å². The molecule has 0 radical (unpaired) electrons. The average Bonchev–Trinajstić information content (AvgIpc) is 3.27. The largest absolute Gasteiger partial charge is 0.489 e. The number of rotatable bonds is 7. The van der Waals surface area contributed by atoms with Gasteiger partial charge < -0.3 is 9.64 Å². The number of fused-ring (bicyclic) bond motifs is 1. The molecule has 0 spiro atoms. The number of piperidine rings is 2. The highest BCUT2D eigenvalue weighted by atomic mass is 32.2. The van der Waals surface area contributed by atoms with Crippen molar-refractivity contribution in [3.63, 3.8) is 0 Å². The van der Waals surface area contributed by atoms with Gasteiger partial charge in [-0.25, -0.2) is 12.7 Å². The van der Waals surface area contributed by atoms with Crippen LogP contribution in [0.5, 0.6) is 5.75 Å². The molecule has 6 aliphatic rings. The molecular weight excluding hydrogens is 568 g/mol. The Bertz CT molecular complexity index is 1400. The second-order valence-corrected chi connectivity index (χ2v) is 16.4. The highest BCUT2D eigenvalue weighted by molar-refractivity contribution is 7.90. The van der Waals surface area contributed by atoms with Crippen LogP contribution in [0.2, 0.25) is 0 Å². The van der Waals surface area contributed by atoms with Crippen LogP contribution in [-0.2, 0) is 26.2 Å². The van der Waals surface area contributed by atoms with Crippen molar-refractivity contribution in [1.82, 2.24) is 19.4 Å². The van der Waals surface area contributed by atoms with Gasteiger partial charge in [0.1, 0.15) is 17.9 Å². The SMILES string of the molecule is CC1(S(=O)(=O)N2CCC(C3CN([C@@H]4CCCC[C@H]4Oc4ccc5c(c4)CN(C4CCC(=O)NC4=O)C5=O)C3)CC2)CCC1. The first-order chi connectivity index (χ1) is 20.6. The lowest BCUT2D eigenvalue weighted by molar-refractivity contribution is -0.136. The van der Waals surface area contributed by atoms with Crippen LogP contribution in [0.3, 0.4) is 0 Å². The molecule has 2 aliphatic carbocycles. The maximum atomic E-state index is 13.1. The average molecular weight is 613 g/mol. The fraction of sp³-hybridized carbons (Fsp3) is 0.719. The predicted molar refractivity (Wildman–Crippen MR) is 160 cm³/mol. The van der Waals surface area contributed by atoms with Crippen molar-refractivity contribution in [2.24, 2.45) is 11.8 Å². The normalized spacial score (nSPS) is 30.9. The van der Waals surface area contributed by atoms with Gasteiger partial charge in [0.05, 0.1) is 4.75 Å². The van der Waals surface area contributed by atoms with Crippen molar-refractivity contribution >= 4 is 27.7 Å². The molecular formula is C32H44N4O6S. The van der Waals surface area contributed by atoms with Gasteiger partial charge in [-0.3, -0.25) is 24.6 Å². The van der Waals surface area contributed by atoms with E-state index in [4.69, 9.17) is 4.74 Å². The maximum Gasteiger partial charge on any atom is 0.255 e. The third-order valence-electron chi connectivity index (χ3n) is 11.4. The number of amides is 3. The summed E-state index contributed by atoms with van der Waals surface area (Å²) >= 11 is 0. The summed E-state index contributed by atoms with van der Waals surface area (Å²) in [7, 11) is -3.19. The van der Waals surface area contributed by atoms with Gasteiger partial charge in [-0.1, -0.05) is 12.8 Å². The summed E-state index contributed by atoms with van der Waals surface area (Å²) in [6.07, 6.45) is 9.65. The Kier molecular flexibility index (Phi) is 7.57. The number of carbonyl (C=O) groups excluding carboxylic acids is 3. The minimum Gasteiger partial charge on any atom is -0.489 e. The molecule has 0 aromatic heterocycles. The van der Waals surface area contributed by atoms with Crippen LogP contribution in [0, 0.1) is 11.8 Å². The zero-order valence-corrected chi connectivity index (χ0v) is 25.9. The van der Waals surface area contributed by atoms with Crippen molar-refractivity contribution in [3.8, 4) is 5.75 Å². The van der Waals surface area contributed by atoms with Crippen LogP contribution in [-0.4, -0.2) is 89.4 Å². The number of sulfonamides is 1. The Labute approximate surface area is 254 Å². The van der Waals surface area contributed by atoms with Gasteiger partial charge >= 0.3 is 0 Å². The highest BCUT2D eigenvalue weighted by Gasteiger charge is 2.49. The molecule has 1 aromatic rings. The van der Waals surface area contributed by atoms with Gasteiger partial charge in [0.2, 0.25) is 21.8 Å². The maximum absolute atomic E-state index is 13.1. The Hall–Kier alpha value is -2.50. The molecule has 1 unspecified atom stereocenters. The van der Waals surface area contributed by atoms with E-state index in [-0.39, 0.29) is 24.3 Å². The minimum atomic E-state index is -3.19. The molecule has 5 fully saturated rings. The molecule has 3 amide bonds. The van der Waals surface area contributed by atoms with Gasteiger partial charge in [0, 0.05) is 50.7 Å². The third-order valence-corrected chi connectivity index (χ3v) is 14.1. The Morgan fingerprint density at radius 1 is 0.930 bits per heavy atom. The Morgan fingerprint density at radius 2 is 1.67 bits per heavy atom. The summed E-state index contributed by atoms with van der Waals surface area (Å²) in [5.41, 5.74) is 1.46. The number of hydrogen-bond donors (Lipinski definition) is 1. The number of nitrogens with one attached hydrogen (secondary N) is 1. The number of nitrogens with zero attached hydrogens (tertiary/aromatic N) is 3. The zero-order chi connectivity index (χ0) is 29.9. The van der Waals surface area contributed by atoms with E-state index in [1.165, 1.54) is 6.42 Å². The van der Waals surface area contributed by atoms with E-state index in [9.17, 15) is 22.8 Å². The van der Waals surface area contributed by atoms with Gasteiger partial charge in [-0.15, -0.1) is 0 Å². The predicted octanol–water partition coefficient (Wildman–Crippen LogP) is 3.05. The summed E-state index contributed by atoms with van der Waals surface area (Å²) in [4.78, 5) is 41.2. The number of ether oxygens (including phenoxy) is 1. The van der Waals surface area contributed by atoms with Crippen molar-refractivity contribution in [2.75, 3.05) is 26.2 Å². The third kappa shape index (κ3) is 5.19. The summed E-state index contributed by atoms with van der Waals surface area (Å²) in [5, 5.41) is 2.36. The van der Waals surface area contributed by atoms with E-state index in [1.54, 1.807) is 9.21 Å². The topological polar surface area (TPSA) is 116 Å². The molecule has 10 nitrogen and oxygen atoms in total. The Balaban J connectivity index is 0.938. The molecule has 4 aliphatic heterocycles. The van der Waals surface area contributed by atoms with Crippen LogP contribution >= 0.6 is 0 Å². The van der Waals surface area contributed by atoms with E-state index < -0.39 is 26.7 Å². The quantitative estimate of drug-likeness (QED) is 0.471. The highest BCUT2D eigenvalue weighted by Crippen LogP contribution is 2.43. The van der Waals surface area contributed by atoms with Gasteiger partial charge in [0.25, 0.3) is 5.91 Å². The molecule has 3 atom stereocenters. The first-order valence-electron chi connectivity index (χ1n) is 16.3. The van der Waals surface area contributed by atoms with Crippen molar-refractivity contribution in [2.45, 2.75) is 107 Å². The number of imide groups is 1. The number of benzene rings is 1. The summed E-state index contributed by atoms with van der Waals surface area (Å²) in [6, 6.07) is 5.39. The van der Waals surface area contributed by atoms with E-state index in [0.717, 1.165) is 75.8 Å². The molecule has 7 rings (SSSR count). The second-order valence-electron chi connectivity index (χ2n) is 14.0. The first kappa shape index (κ1) is 29.2. The number of carbonyl (C=O) groups is 3. The first-order valence-corrected chi connectivity index (χ1v) is 17.7. The van der Waals surface area contributed by atoms with Crippen molar-refractivity contribution < 1.29 is 27.5 Å². The van der Waals surface area contributed by atoms with Crippen LogP contribution in [0.4, 0.5) is 0 Å². The fourth-order valence-electron chi connectivity index (χ4n) is 8.38. The molecule has 0 bridgehead atoms. The van der Waals surface area contributed by atoms with Gasteiger partial charge in [-0.05, 0) is 93.9 Å². The Morgan fingerprint density at radius 3 is 2.37 bits per heavy atom. The molecule has 43 heavy (non-hydrogen) atoms. The summed E-state index contributed by atoms with van der Waals surface area (Å²) < 4.78 is 34.1.